The third-order valence-corrected chi connectivity index (χ3v) is 8.62. The van der Waals surface area contributed by atoms with Gasteiger partial charge in [-0.2, -0.15) is 4.31 Å². The summed E-state index contributed by atoms with van der Waals surface area (Å²) >= 11 is 11.7. The Morgan fingerprint density at radius 2 is 1.45 bits per heavy atom. The van der Waals surface area contributed by atoms with E-state index in [9.17, 15) is 25.6 Å². The van der Waals surface area contributed by atoms with Crippen molar-refractivity contribution in [3.05, 3.63) is 58.1 Å². The fourth-order valence-electron chi connectivity index (χ4n) is 2.73. The van der Waals surface area contributed by atoms with Gasteiger partial charge in [0.25, 0.3) is 0 Å². The van der Waals surface area contributed by atoms with Gasteiger partial charge in [0.15, 0.2) is 0 Å². The molecule has 158 valence electrons. The van der Waals surface area contributed by atoms with Gasteiger partial charge in [-0.05, 0) is 49.2 Å². The van der Waals surface area contributed by atoms with Gasteiger partial charge in [0.2, 0.25) is 20.0 Å². The van der Waals surface area contributed by atoms with Crippen LogP contribution < -0.4 is 4.72 Å². The summed E-state index contributed by atoms with van der Waals surface area (Å²) in [6, 6.07) is 5.52. The van der Waals surface area contributed by atoms with Gasteiger partial charge in [-0.15, -0.1) is 0 Å². The van der Waals surface area contributed by atoms with Crippen molar-refractivity contribution in [2.75, 3.05) is 13.1 Å². The first-order valence-electron chi connectivity index (χ1n) is 8.44. The molecule has 0 unspecified atom stereocenters. The molecule has 0 aliphatic heterocycles. The van der Waals surface area contributed by atoms with Gasteiger partial charge in [-0.25, -0.2) is 30.3 Å². The number of nitrogens with one attached hydrogen (secondary N) is 1. The maximum absolute atomic E-state index is 13.3. The molecule has 0 spiro atoms. The molecular formula is C17H16Cl2F2N2O4S2. The van der Waals surface area contributed by atoms with E-state index < -0.39 is 31.7 Å². The predicted octanol–water partition coefficient (Wildman–Crippen LogP) is 3.40. The SMILES string of the molecule is O=S(=O)(NCCN(C1CC1)S(=O)(=O)c1ccc(F)cc1Cl)c1ccc(F)cc1Cl. The molecular weight excluding hydrogens is 469 g/mol. The Morgan fingerprint density at radius 1 is 0.931 bits per heavy atom. The van der Waals surface area contributed by atoms with Crippen molar-refractivity contribution in [1.82, 2.24) is 9.03 Å². The van der Waals surface area contributed by atoms with Crippen molar-refractivity contribution in [3.63, 3.8) is 0 Å². The Morgan fingerprint density at radius 3 is 1.93 bits per heavy atom. The Hall–Kier alpha value is -1.30. The van der Waals surface area contributed by atoms with Gasteiger partial charge < -0.3 is 0 Å². The van der Waals surface area contributed by atoms with Crippen LogP contribution >= 0.6 is 23.2 Å². The van der Waals surface area contributed by atoms with Crippen LogP contribution in [0.25, 0.3) is 0 Å². The largest absolute Gasteiger partial charge is 0.244 e. The quantitative estimate of drug-likeness (QED) is 0.622. The Kier molecular flexibility index (Phi) is 6.52. The van der Waals surface area contributed by atoms with Crippen LogP contribution in [0.3, 0.4) is 0 Å². The van der Waals surface area contributed by atoms with E-state index in [0.29, 0.717) is 12.8 Å². The average molecular weight is 485 g/mol. The van der Waals surface area contributed by atoms with Crippen LogP contribution in [0, 0.1) is 11.6 Å². The monoisotopic (exact) mass is 484 g/mol. The van der Waals surface area contributed by atoms with E-state index in [2.05, 4.69) is 4.72 Å². The number of sulfonamides is 2. The summed E-state index contributed by atoms with van der Waals surface area (Å²) in [5, 5.41) is -0.545. The summed E-state index contributed by atoms with van der Waals surface area (Å²) in [6.07, 6.45) is 1.24. The topological polar surface area (TPSA) is 83.6 Å². The zero-order valence-corrected chi connectivity index (χ0v) is 17.9. The first kappa shape index (κ1) is 22.4. The molecule has 0 amide bonds. The maximum Gasteiger partial charge on any atom is 0.244 e. The molecule has 0 saturated heterocycles. The van der Waals surface area contributed by atoms with E-state index in [1.807, 2.05) is 0 Å². The Bertz CT molecular complexity index is 1140. The number of rotatable bonds is 8. The summed E-state index contributed by atoms with van der Waals surface area (Å²) in [5.41, 5.74) is 0. The van der Waals surface area contributed by atoms with Crippen LogP contribution in [0.5, 0.6) is 0 Å². The van der Waals surface area contributed by atoms with Crippen molar-refractivity contribution in [2.24, 2.45) is 0 Å². The van der Waals surface area contributed by atoms with Gasteiger partial charge >= 0.3 is 0 Å². The predicted molar refractivity (Wildman–Crippen MR) is 105 cm³/mol. The zero-order chi connectivity index (χ0) is 21.4. The molecule has 1 aliphatic rings. The second-order valence-electron chi connectivity index (χ2n) is 6.39. The lowest BCUT2D eigenvalue weighted by atomic mass is 10.3. The van der Waals surface area contributed by atoms with Crippen molar-refractivity contribution >= 4 is 43.2 Å². The molecule has 1 fully saturated rings. The lowest BCUT2D eigenvalue weighted by molar-refractivity contribution is 0.406. The summed E-state index contributed by atoms with van der Waals surface area (Å²) < 4.78 is 80.5. The molecule has 0 bridgehead atoms. The molecule has 6 nitrogen and oxygen atoms in total. The van der Waals surface area contributed by atoms with Crippen LogP contribution in [0.4, 0.5) is 8.78 Å². The normalized spacial score (nSPS) is 15.1. The molecule has 29 heavy (non-hydrogen) atoms. The Labute approximate surface area is 177 Å². The summed E-state index contributed by atoms with van der Waals surface area (Å²) in [4.78, 5) is -0.570. The van der Waals surface area contributed by atoms with Gasteiger partial charge in [0.05, 0.1) is 10.0 Å². The Balaban J connectivity index is 1.76. The van der Waals surface area contributed by atoms with Crippen molar-refractivity contribution in [1.29, 1.82) is 0 Å². The van der Waals surface area contributed by atoms with Gasteiger partial charge in [0.1, 0.15) is 21.4 Å². The van der Waals surface area contributed by atoms with Crippen LogP contribution in [-0.4, -0.2) is 40.3 Å². The highest BCUT2D eigenvalue weighted by Crippen LogP contribution is 2.34. The van der Waals surface area contributed by atoms with E-state index in [4.69, 9.17) is 23.2 Å². The van der Waals surface area contributed by atoms with E-state index >= 15 is 0 Å². The number of hydrogen-bond acceptors (Lipinski definition) is 4. The van der Waals surface area contributed by atoms with Gasteiger partial charge in [-0.1, -0.05) is 23.2 Å². The lowest BCUT2D eigenvalue weighted by Crippen LogP contribution is -2.40. The van der Waals surface area contributed by atoms with E-state index in [-0.39, 0.29) is 39.0 Å². The molecule has 1 N–H and O–H groups in total. The number of benzene rings is 2. The smallest absolute Gasteiger partial charge is 0.210 e. The molecule has 2 aromatic rings. The highest BCUT2D eigenvalue weighted by molar-refractivity contribution is 7.89. The molecule has 2 aromatic carbocycles. The summed E-state index contributed by atoms with van der Waals surface area (Å²) in [5.74, 6) is -1.35. The van der Waals surface area contributed by atoms with Crippen LogP contribution in [-0.2, 0) is 20.0 Å². The van der Waals surface area contributed by atoms with Crippen molar-refractivity contribution < 1.29 is 25.6 Å². The first-order valence-corrected chi connectivity index (χ1v) is 12.1. The fraction of sp³-hybridized carbons (Fsp3) is 0.294. The van der Waals surface area contributed by atoms with Crippen molar-refractivity contribution in [2.45, 2.75) is 28.7 Å². The van der Waals surface area contributed by atoms with E-state index in [0.717, 1.165) is 40.7 Å². The van der Waals surface area contributed by atoms with Crippen LogP contribution in [0.2, 0.25) is 10.0 Å². The molecule has 12 heteroatoms. The summed E-state index contributed by atoms with van der Waals surface area (Å²) in [7, 11) is -8.14. The minimum absolute atomic E-state index is 0.168. The molecule has 1 saturated carbocycles. The minimum atomic E-state index is -4.08. The van der Waals surface area contributed by atoms with Gasteiger partial charge in [0, 0.05) is 19.1 Å². The van der Waals surface area contributed by atoms with E-state index in [1.165, 1.54) is 0 Å². The zero-order valence-electron chi connectivity index (χ0n) is 14.8. The molecule has 0 atom stereocenters. The minimum Gasteiger partial charge on any atom is -0.210 e. The highest BCUT2D eigenvalue weighted by Gasteiger charge is 2.38. The van der Waals surface area contributed by atoms with Gasteiger partial charge in [-0.3, -0.25) is 0 Å². The third kappa shape index (κ3) is 5.07. The van der Waals surface area contributed by atoms with Crippen molar-refractivity contribution in [3.8, 4) is 0 Å². The first-order chi connectivity index (χ1) is 13.5. The molecule has 0 radical (unpaired) electrons. The lowest BCUT2D eigenvalue weighted by Gasteiger charge is -2.22. The highest BCUT2D eigenvalue weighted by atomic mass is 35.5. The number of hydrogen-bond donors (Lipinski definition) is 1. The molecule has 3 rings (SSSR count). The standard InChI is InChI=1S/C17H16Cl2F2N2O4S2/c18-14-9-11(20)1-5-16(14)28(24,25)22-7-8-23(13-3-4-13)29(26,27)17-6-2-12(21)10-15(17)19/h1-2,5-6,9-10,13,22H,3-4,7-8H2. The second-order valence-corrected chi connectivity index (χ2v) is 10.8. The molecule has 0 heterocycles. The second kappa shape index (κ2) is 8.44. The third-order valence-electron chi connectivity index (χ3n) is 4.24. The molecule has 1 aliphatic carbocycles. The fourth-order valence-corrected chi connectivity index (χ4v) is 6.48. The van der Waals surface area contributed by atoms with Crippen LogP contribution in [0.15, 0.2) is 46.2 Å². The number of halogens is 4. The number of nitrogens with zero attached hydrogens (tertiary/aromatic N) is 1. The average Bonchev–Trinajstić information content (AvgIpc) is 3.42. The summed E-state index contributed by atoms with van der Waals surface area (Å²) in [6.45, 7) is -0.413. The van der Waals surface area contributed by atoms with E-state index in [1.54, 1.807) is 0 Å². The maximum atomic E-state index is 13.3. The molecule has 0 aromatic heterocycles. The van der Waals surface area contributed by atoms with Crippen LogP contribution in [0.1, 0.15) is 12.8 Å².